The molecule has 1 amide bonds. The van der Waals surface area contributed by atoms with E-state index in [0.29, 0.717) is 43.0 Å². The van der Waals surface area contributed by atoms with Crippen molar-refractivity contribution < 1.29 is 9.18 Å². The van der Waals surface area contributed by atoms with Gasteiger partial charge in [-0.15, -0.1) is 12.4 Å². The zero-order chi connectivity index (χ0) is 16.2. The monoisotopic (exact) mass is 418 g/mol. The summed E-state index contributed by atoms with van der Waals surface area (Å²) in [7, 11) is 0. The first-order chi connectivity index (χ1) is 11.1. The molecular weight excluding hydrogens is 395 g/mol. The number of rotatable bonds is 6. The number of halogens is 3. The van der Waals surface area contributed by atoms with Gasteiger partial charge in [-0.2, -0.15) is 0 Å². The number of carbonyl (C=O) groups excluding carboxylic acids is 1. The van der Waals surface area contributed by atoms with E-state index in [1.807, 2.05) is 6.07 Å². The van der Waals surface area contributed by atoms with Crippen molar-refractivity contribution in [2.45, 2.75) is 57.0 Å². The van der Waals surface area contributed by atoms with Crippen LogP contribution in [-0.2, 0) is 11.2 Å². The Morgan fingerprint density at radius 3 is 2.67 bits per heavy atom. The van der Waals surface area contributed by atoms with E-state index < -0.39 is 0 Å². The molecule has 3 rings (SSSR count). The van der Waals surface area contributed by atoms with Crippen molar-refractivity contribution in [2.75, 3.05) is 6.54 Å². The molecule has 2 aliphatic rings. The van der Waals surface area contributed by atoms with E-state index >= 15 is 0 Å². The van der Waals surface area contributed by atoms with E-state index in [4.69, 9.17) is 0 Å². The summed E-state index contributed by atoms with van der Waals surface area (Å²) in [5.41, 5.74) is 0.706. The SMILES string of the molecule is Cl.O=C(CC1CC2CCC(C1)N2)NCCCc1ccc(Br)cc1F. The van der Waals surface area contributed by atoms with Gasteiger partial charge in [0.2, 0.25) is 5.91 Å². The number of nitrogens with one attached hydrogen (secondary N) is 2. The van der Waals surface area contributed by atoms with Crippen molar-refractivity contribution in [2.24, 2.45) is 5.92 Å². The second-order valence-electron chi connectivity index (χ2n) is 6.87. The molecule has 3 nitrogen and oxygen atoms in total. The highest BCUT2D eigenvalue weighted by Gasteiger charge is 2.33. The molecule has 0 aromatic heterocycles. The van der Waals surface area contributed by atoms with E-state index in [0.717, 1.165) is 23.7 Å². The van der Waals surface area contributed by atoms with Crippen molar-refractivity contribution in [3.8, 4) is 0 Å². The second-order valence-corrected chi connectivity index (χ2v) is 7.78. The van der Waals surface area contributed by atoms with Crippen LogP contribution in [0.5, 0.6) is 0 Å². The largest absolute Gasteiger partial charge is 0.356 e. The Bertz CT molecular complexity index is 560. The van der Waals surface area contributed by atoms with Crippen LogP contribution in [0, 0.1) is 11.7 Å². The Morgan fingerprint density at radius 2 is 2.00 bits per heavy atom. The summed E-state index contributed by atoms with van der Waals surface area (Å²) in [5, 5.41) is 6.59. The number of fused-ring (bicyclic) bond motifs is 2. The number of amides is 1. The molecule has 2 fully saturated rings. The summed E-state index contributed by atoms with van der Waals surface area (Å²) in [4.78, 5) is 12.1. The molecule has 0 aliphatic carbocycles. The molecular formula is C18H25BrClFN2O. The molecule has 0 spiro atoms. The van der Waals surface area contributed by atoms with Gasteiger partial charge in [0.15, 0.2) is 0 Å². The number of benzene rings is 1. The highest BCUT2D eigenvalue weighted by atomic mass is 79.9. The minimum absolute atomic E-state index is 0. The van der Waals surface area contributed by atoms with Gasteiger partial charge in [-0.1, -0.05) is 22.0 Å². The zero-order valence-corrected chi connectivity index (χ0v) is 16.1. The predicted molar refractivity (Wildman–Crippen MR) is 100.0 cm³/mol. The maximum atomic E-state index is 13.7. The lowest BCUT2D eigenvalue weighted by atomic mass is 9.89. The van der Waals surface area contributed by atoms with Crippen molar-refractivity contribution in [1.82, 2.24) is 10.6 Å². The lowest BCUT2D eigenvalue weighted by molar-refractivity contribution is -0.122. The first-order valence-corrected chi connectivity index (χ1v) is 9.36. The van der Waals surface area contributed by atoms with Crippen LogP contribution >= 0.6 is 28.3 Å². The van der Waals surface area contributed by atoms with E-state index in [9.17, 15) is 9.18 Å². The number of carbonyl (C=O) groups is 1. The van der Waals surface area contributed by atoms with Gasteiger partial charge in [0.25, 0.3) is 0 Å². The van der Waals surface area contributed by atoms with Gasteiger partial charge in [-0.3, -0.25) is 4.79 Å². The van der Waals surface area contributed by atoms with Crippen molar-refractivity contribution in [3.05, 3.63) is 34.1 Å². The maximum absolute atomic E-state index is 13.7. The van der Waals surface area contributed by atoms with Crippen LogP contribution in [0.15, 0.2) is 22.7 Å². The lowest BCUT2D eigenvalue weighted by Crippen LogP contribution is -2.39. The number of hydrogen-bond donors (Lipinski definition) is 2. The molecule has 2 saturated heterocycles. The van der Waals surface area contributed by atoms with Crippen LogP contribution in [0.1, 0.15) is 44.1 Å². The fraction of sp³-hybridized carbons (Fsp3) is 0.611. The Hall–Kier alpha value is -0.650. The summed E-state index contributed by atoms with van der Waals surface area (Å²) in [6.07, 6.45) is 6.85. The fourth-order valence-electron chi connectivity index (χ4n) is 3.91. The lowest BCUT2D eigenvalue weighted by Gasteiger charge is -2.28. The molecule has 2 aliphatic heterocycles. The second kappa shape index (κ2) is 9.16. The third kappa shape index (κ3) is 5.43. The molecule has 2 bridgehead atoms. The Morgan fingerprint density at radius 1 is 1.29 bits per heavy atom. The topological polar surface area (TPSA) is 41.1 Å². The van der Waals surface area contributed by atoms with Crippen molar-refractivity contribution >= 4 is 34.2 Å². The molecule has 2 atom stereocenters. The smallest absolute Gasteiger partial charge is 0.220 e. The van der Waals surface area contributed by atoms with Crippen molar-refractivity contribution in [1.29, 1.82) is 0 Å². The zero-order valence-electron chi connectivity index (χ0n) is 13.7. The Kier molecular flexibility index (Phi) is 7.51. The quantitative estimate of drug-likeness (QED) is 0.685. The molecule has 2 unspecified atom stereocenters. The van der Waals surface area contributed by atoms with Crippen LogP contribution in [0.3, 0.4) is 0 Å². The van der Waals surface area contributed by atoms with Crippen LogP contribution in [-0.4, -0.2) is 24.5 Å². The van der Waals surface area contributed by atoms with Crippen LogP contribution < -0.4 is 10.6 Å². The van der Waals surface area contributed by atoms with E-state index in [1.54, 1.807) is 6.07 Å². The fourth-order valence-corrected chi connectivity index (χ4v) is 4.24. The van der Waals surface area contributed by atoms with Crippen LogP contribution in [0.4, 0.5) is 4.39 Å². The van der Waals surface area contributed by atoms with Gasteiger partial charge in [0.1, 0.15) is 5.82 Å². The summed E-state index contributed by atoms with van der Waals surface area (Å²) in [6, 6.07) is 6.40. The number of piperidine rings is 1. The normalized spacial score (nSPS) is 25.2. The molecule has 0 radical (unpaired) electrons. The van der Waals surface area contributed by atoms with Crippen LogP contribution in [0.2, 0.25) is 0 Å². The van der Waals surface area contributed by atoms with Gasteiger partial charge in [0.05, 0.1) is 0 Å². The van der Waals surface area contributed by atoms with Crippen LogP contribution in [0.25, 0.3) is 0 Å². The third-order valence-corrected chi connectivity index (χ3v) is 5.50. The maximum Gasteiger partial charge on any atom is 0.220 e. The molecule has 24 heavy (non-hydrogen) atoms. The van der Waals surface area contributed by atoms with Crippen molar-refractivity contribution in [3.63, 3.8) is 0 Å². The Labute approximate surface area is 157 Å². The van der Waals surface area contributed by atoms with E-state index in [-0.39, 0.29) is 24.1 Å². The minimum atomic E-state index is -0.184. The van der Waals surface area contributed by atoms with E-state index in [1.165, 1.54) is 18.9 Å². The molecule has 6 heteroatoms. The molecule has 2 N–H and O–H groups in total. The first-order valence-electron chi connectivity index (χ1n) is 8.57. The summed E-state index contributed by atoms with van der Waals surface area (Å²) < 4.78 is 14.5. The van der Waals surface area contributed by atoms with E-state index in [2.05, 4.69) is 26.6 Å². The summed E-state index contributed by atoms with van der Waals surface area (Å²) in [6.45, 7) is 0.617. The summed E-state index contributed by atoms with van der Waals surface area (Å²) >= 11 is 3.26. The summed E-state index contributed by atoms with van der Waals surface area (Å²) in [5.74, 6) is 0.487. The molecule has 1 aromatic carbocycles. The van der Waals surface area contributed by atoms with Gasteiger partial charge in [-0.25, -0.2) is 4.39 Å². The minimum Gasteiger partial charge on any atom is -0.356 e. The highest BCUT2D eigenvalue weighted by molar-refractivity contribution is 9.10. The third-order valence-electron chi connectivity index (χ3n) is 5.00. The van der Waals surface area contributed by atoms with Gasteiger partial charge < -0.3 is 10.6 Å². The standard InChI is InChI=1S/C18H24BrFN2O.ClH/c19-14-4-3-13(17(20)11-14)2-1-7-21-18(23)10-12-8-15-5-6-16(9-12)22-15;/h3-4,11-12,15-16,22H,1-2,5-10H2,(H,21,23);1H. The highest BCUT2D eigenvalue weighted by Crippen LogP contribution is 2.32. The first kappa shape index (κ1) is 19.7. The molecule has 1 aromatic rings. The average molecular weight is 420 g/mol. The molecule has 2 heterocycles. The molecule has 134 valence electrons. The predicted octanol–water partition coefficient (Wildman–Crippen LogP) is 3.98. The van der Waals surface area contributed by atoms with Gasteiger partial charge >= 0.3 is 0 Å². The molecule has 0 saturated carbocycles. The van der Waals surface area contributed by atoms with Gasteiger partial charge in [0, 0.05) is 29.5 Å². The number of aryl methyl sites for hydroxylation is 1. The number of hydrogen-bond acceptors (Lipinski definition) is 2. The average Bonchev–Trinajstić information content (AvgIpc) is 2.84. The Balaban J connectivity index is 0.00000208. The van der Waals surface area contributed by atoms with Gasteiger partial charge in [-0.05, 0) is 62.1 Å².